The van der Waals surface area contributed by atoms with E-state index in [0.717, 1.165) is 5.56 Å². The summed E-state index contributed by atoms with van der Waals surface area (Å²) in [6.07, 6.45) is 0.704. The molecule has 1 heterocycles. The van der Waals surface area contributed by atoms with E-state index in [1.165, 1.54) is 12.1 Å². The number of anilines is 2. The number of nitrogens with zero attached hydrogens (tertiary/aromatic N) is 3. The van der Waals surface area contributed by atoms with Crippen LogP contribution in [-0.2, 0) is 6.42 Å². The molecular formula is C14H18FN5O. The first-order chi connectivity index (χ1) is 10.1. The molecule has 0 amide bonds. The smallest absolute Gasteiger partial charge is 0.323 e. The fraction of sp³-hybridized carbons (Fsp3) is 0.357. The third-order valence-electron chi connectivity index (χ3n) is 2.74. The zero-order chi connectivity index (χ0) is 15.2. The molecule has 1 aromatic heterocycles. The molecular weight excluding hydrogens is 273 g/mol. The van der Waals surface area contributed by atoms with Crippen LogP contribution < -0.4 is 15.8 Å². The molecule has 0 spiro atoms. The number of hydrogen-bond acceptors (Lipinski definition) is 6. The summed E-state index contributed by atoms with van der Waals surface area (Å²) in [4.78, 5) is 12.0. The lowest BCUT2D eigenvalue weighted by molar-refractivity contribution is 0.312. The van der Waals surface area contributed by atoms with Crippen LogP contribution in [-0.4, -0.2) is 27.6 Å². The molecule has 7 heteroatoms. The highest BCUT2D eigenvalue weighted by molar-refractivity contribution is 5.34. The van der Waals surface area contributed by atoms with Crippen molar-refractivity contribution < 1.29 is 9.13 Å². The minimum atomic E-state index is -0.244. The van der Waals surface area contributed by atoms with E-state index in [1.54, 1.807) is 12.1 Å². The Morgan fingerprint density at radius 3 is 2.62 bits per heavy atom. The summed E-state index contributed by atoms with van der Waals surface area (Å²) in [6, 6.07) is 6.63. The van der Waals surface area contributed by atoms with E-state index in [4.69, 9.17) is 10.5 Å². The van der Waals surface area contributed by atoms with Crippen LogP contribution in [0.5, 0.6) is 6.01 Å². The standard InChI is InChI=1S/C14H18FN5O/c1-3-21-14-19-12(16)18-13(20-14)17-9(2)8-10-4-6-11(15)7-5-10/h4-7,9H,3,8H2,1-2H3,(H3,16,17,18,19,20). The SMILES string of the molecule is CCOc1nc(N)nc(NC(C)Cc2ccc(F)cc2)n1. The molecule has 1 aromatic carbocycles. The molecule has 0 aliphatic carbocycles. The number of rotatable bonds is 6. The van der Waals surface area contributed by atoms with Gasteiger partial charge in [0.2, 0.25) is 11.9 Å². The van der Waals surface area contributed by atoms with Gasteiger partial charge in [-0.05, 0) is 38.0 Å². The Morgan fingerprint density at radius 2 is 1.95 bits per heavy atom. The maximum atomic E-state index is 12.9. The maximum Gasteiger partial charge on any atom is 0.323 e. The van der Waals surface area contributed by atoms with Crippen LogP contribution in [0.1, 0.15) is 19.4 Å². The second-order valence-electron chi connectivity index (χ2n) is 4.61. The van der Waals surface area contributed by atoms with Crippen molar-refractivity contribution in [2.75, 3.05) is 17.7 Å². The highest BCUT2D eigenvalue weighted by Gasteiger charge is 2.09. The minimum absolute atomic E-state index is 0.0479. The van der Waals surface area contributed by atoms with Gasteiger partial charge in [0, 0.05) is 6.04 Å². The van der Waals surface area contributed by atoms with Gasteiger partial charge in [0.15, 0.2) is 0 Å². The van der Waals surface area contributed by atoms with E-state index in [1.807, 2.05) is 13.8 Å². The Balaban J connectivity index is 2.01. The summed E-state index contributed by atoms with van der Waals surface area (Å²) in [7, 11) is 0. The largest absolute Gasteiger partial charge is 0.464 e. The Bertz CT molecular complexity index is 590. The average Bonchev–Trinajstić information content (AvgIpc) is 2.41. The van der Waals surface area contributed by atoms with Gasteiger partial charge in [-0.25, -0.2) is 4.39 Å². The predicted octanol–water partition coefficient (Wildman–Crippen LogP) is 2.03. The van der Waals surface area contributed by atoms with Gasteiger partial charge in [0.1, 0.15) is 5.82 Å². The molecule has 0 aliphatic heterocycles. The first kappa shape index (κ1) is 15.0. The Hall–Kier alpha value is -2.44. The number of ether oxygens (including phenoxy) is 1. The van der Waals surface area contributed by atoms with E-state index in [0.29, 0.717) is 19.0 Å². The van der Waals surface area contributed by atoms with Crippen LogP contribution in [0.2, 0.25) is 0 Å². The summed E-state index contributed by atoms with van der Waals surface area (Å²) in [5.41, 5.74) is 6.63. The highest BCUT2D eigenvalue weighted by atomic mass is 19.1. The zero-order valence-electron chi connectivity index (χ0n) is 12.0. The molecule has 21 heavy (non-hydrogen) atoms. The van der Waals surface area contributed by atoms with Gasteiger partial charge in [-0.15, -0.1) is 0 Å². The fourth-order valence-corrected chi connectivity index (χ4v) is 1.88. The molecule has 0 radical (unpaired) electrons. The molecule has 6 nitrogen and oxygen atoms in total. The van der Waals surface area contributed by atoms with Gasteiger partial charge in [0.05, 0.1) is 6.61 Å². The lowest BCUT2D eigenvalue weighted by Gasteiger charge is -2.14. The third-order valence-corrected chi connectivity index (χ3v) is 2.74. The molecule has 1 atom stereocenters. The van der Waals surface area contributed by atoms with Crippen molar-refractivity contribution >= 4 is 11.9 Å². The van der Waals surface area contributed by atoms with Crippen molar-refractivity contribution in [2.45, 2.75) is 26.3 Å². The van der Waals surface area contributed by atoms with Crippen LogP contribution in [0.15, 0.2) is 24.3 Å². The minimum Gasteiger partial charge on any atom is -0.464 e. The molecule has 0 bridgehead atoms. The molecule has 3 N–H and O–H groups in total. The second kappa shape index (κ2) is 6.83. The van der Waals surface area contributed by atoms with Gasteiger partial charge in [-0.3, -0.25) is 0 Å². The Labute approximate surface area is 122 Å². The molecule has 0 aliphatic rings. The van der Waals surface area contributed by atoms with Crippen LogP contribution in [0, 0.1) is 5.82 Å². The molecule has 2 rings (SSSR count). The summed E-state index contributed by atoms with van der Waals surface area (Å²) in [5.74, 6) is 0.219. The lowest BCUT2D eigenvalue weighted by atomic mass is 10.1. The third kappa shape index (κ3) is 4.55. The number of benzene rings is 1. The van der Waals surface area contributed by atoms with E-state index >= 15 is 0 Å². The van der Waals surface area contributed by atoms with Crippen molar-refractivity contribution in [1.82, 2.24) is 15.0 Å². The zero-order valence-corrected chi connectivity index (χ0v) is 12.0. The van der Waals surface area contributed by atoms with Crippen LogP contribution in [0.4, 0.5) is 16.3 Å². The van der Waals surface area contributed by atoms with E-state index in [2.05, 4.69) is 20.3 Å². The van der Waals surface area contributed by atoms with Crippen molar-refractivity contribution in [3.05, 3.63) is 35.6 Å². The van der Waals surface area contributed by atoms with Crippen molar-refractivity contribution in [2.24, 2.45) is 0 Å². The number of nitrogens with one attached hydrogen (secondary N) is 1. The van der Waals surface area contributed by atoms with Gasteiger partial charge in [0.25, 0.3) is 0 Å². The molecule has 0 fully saturated rings. The van der Waals surface area contributed by atoms with Crippen LogP contribution in [0.25, 0.3) is 0 Å². The van der Waals surface area contributed by atoms with E-state index in [-0.39, 0.29) is 23.8 Å². The lowest BCUT2D eigenvalue weighted by Crippen LogP contribution is -2.20. The summed E-state index contributed by atoms with van der Waals surface area (Å²) < 4.78 is 18.1. The first-order valence-electron chi connectivity index (χ1n) is 6.72. The molecule has 1 unspecified atom stereocenters. The highest BCUT2D eigenvalue weighted by Crippen LogP contribution is 2.12. The number of nitrogen functional groups attached to an aromatic ring is 1. The summed E-state index contributed by atoms with van der Waals surface area (Å²) >= 11 is 0. The van der Waals surface area contributed by atoms with Gasteiger partial charge < -0.3 is 15.8 Å². The normalized spacial score (nSPS) is 12.0. The average molecular weight is 291 g/mol. The number of halogens is 1. The van der Waals surface area contributed by atoms with Crippen LogP contribution in [0.3, 0.4) is 0 Å². The van der Waals surface area contributed by atoms with Crippen molar-refractivity contribution in [3.63, 3.8) is 0 Å². The Morgan fingerprint density at radius 1 is 1.24 bits per heavy atom. The molecule has 112 valence electrons. The van der Waals surface area contributed by atoms with E-state index in [9.17, 15) is 4.39 Å². The van der Waals surface area contributed by atoms with Gasteiger partial charge in [-0.2, -0.15) is 15.0 Å². The second-order valence-corrected chi connectivity index (χ2v) is 4.61. The number of aromatic nitrogens is 3. The topological polar surface area (TPSA) is 86.0 Å². The molecule has 0 saturated heterocycles. The number of nitrogens with two attached hydrogens (primary N) is 1. The summed E-state index contributed by atoms with van der Waals surface area (Å²) in [5, 5.41) is 3.13. The maximum absolute atomic E-state index is 12.9. The van der Waals surface area contributed by atoms with Gasteiger partial charge in [-0.1, -0.05) is 12.1 Å². The first-order valence-corrected chi connectivity index (χ1v) is 6.72. The Kier molecular flexibility index (Phi) is 4.86. The molecule has 0 saturated carbocycles. The molecule has 2 aromatic rings. The van der Waals surface area contributed by atoms with Crippen LogP contribution >= 0.6 is 0 Å². The van der Waals surface area contributed by atoms with Gasteiger partial charge >= 0.3 is 6.01 Å². The van der Waals surface area contributed by atoms with Crippen molar-refractivity contribution in [3.8, 4) is 6.01 Å². The van der Waals surface area contributed by atoms with Crippen molar-refractivity contribution in [1.29, 1.82) is 0 Å². The van der Waals surface area contributed by atoms with E-state index < -0.39 is 0 Å². The fourth-order valence-electron chi connectivity index (χ4n) is 1.88. The number of hydrogen-bond donors (Lipinski definition) is 2. The quantitative estimate of drug-likeness (QED) is 0.847. The predicted molar refractivity (Wildman–Crippen MR) is 78.6 cm³/mol. The summed E-state index contributed by atoms with van der Waals surface area (Å²) in [6.45, 7) is 4.27. The monoisotopic (exact) mass is 291 g/mol.